The summed E-state index contributed by atoms with van der Waals surface area (Å²) in [5, 5.41) is 13.9. The predicted octanol–water partition coefficient (Wildman–Crippen LogP) is 3.16. The van der Waals surface area contributed by atoms with E-state index in [1.165, 1.54) is 19.3 Å². The van der Waals surface area contributed by atoms with E-state index in [1.54, 1.807) is 0 Å². The van der Waals surface area contributed by atoms with Gasteiger partial charge in [-0.15, -0.1) is 0 Å². The molecule has 1 saturated heterocycles. The van der Waals surface area contributed by atoms with Crippen molar-refractivity contribution in [2.45, 2.75) is 77.9 Å². The van der Waals surface area contributed by atoms with E-state index in [9.17, 15) is 9.90 Å². The van der Waals surface area contributed by atoms with E-state index in [1.807, 2.05) is 6.92 Å². The molecule has 0 aromatic heterocycles. The summed E-state index contributed by atoms with van der Waals surface area (Å²) in [5.41, 5.74) is 0.587. The minimum atomic E-state index is -0.112. The molecule has 2 N–H and O–H groups in total. The smallest absolute Gasteiger partial charge is 0.133 e. The summed E-state index contributed by atoms with van der Waals surface area (Å²) >= 11 is 0. The van der Waals surface area contributed by atoms with Crippen LogP contribution in [0.5, 0.6) is 0 Å². The van der Waals surface area contributed by atoms with Crippen LogP contribution in [0.2, 0.25) is 0 Å². The molecule has 0 aromatic carbocycles. The van der Waals surface area contributed by atoms with Gasteiger partial charge in [0.05, 0.1) is 6.10 Å². The molecule has 4 aliphatic rings. The van der Waals surface area contributed by atoms with Crippen LogP contribution in [0.25, 0.3) is 0 Å². The second kappa shape index (κ2) is 5.29. The number of fused-ring (bicyclic) bond motifs is 5. The molecule has 3 aliphatic carbocycles. The highest BCUT2D eigenvalue weighted by atomic mass is 16.3. The number of ketones is 1. The lowest BCUT2D eigenvalue weighted by Gasteiger charge is -2.61. The van der Waals surface area contributed by atoms with Crippen molar-refractivity contribution in [1.29, 1.82) is 0 Å². The van der Waals surface area contributed by atoms with Crippen LogP contribution in [0.3, 0.4) is 0 Å². The van der Waals surface area contributed by atoms with Crippen molar-refractivity contribution in [3.8, 4) is 0 Å². The minimum absolute atomic E-state index is 0.112. The molecule has 0 amide bonds. The van der Waals surface area contributed by atoms with Gasteiger partial charge < -0.3 is 10.4 Å². The summed E-state index contributed by atoms with van der Waals surface area (Å²) in [4.78, 5) is 12.1. The number of carbonyl (C=O) groups is 1. The van der Waals surface area contributed by atoms with Crippen molar-refractivity contribution >= 4 is 5.78 Å². The van der Waals surface area contributed by atoms with E-state index in [4.69, 9.17) is 0 Å². The minimum Gasteiger partial charge on any atom is -0.393 e. The van der Waals surface area contributed by atoms with Crippen LogP contribution < -0.4 is 5.32 Å². The van der Waals surface area contributed by atoms with Gasteiger partial charge in [-0.1, -0.05) is 13.8 Å². The third-order valence-electron chi connectivity index (χ3n) is 8.69. The van der Waals surface area contributed by atoms with Crippen LogP contribution in [0.4, 0.5) is 0 Å². The van der Waals surface area contributed by atoms with Gasteiger partial charge in [-0.05, 0) is 87.0 Å². The SMILES string of the molecule is CC(=O)[C@H]1CC[C@H]2[C@@H]3CN[C@H]4C[C@H](O)CC[C@]4(C)[C@H]3CC[C@]12C. The van der Waals surface area contributed by atoms with Crippen molar-refractivity contribution in [1.82, 2.24) is 5.32 Å². The lowest BCUT2D eigenvalue weighted by atomic mass is 9.48. The molecule has 130 valence electrons. The lowest BCUT2D eigenvalue weighted by Crippen LogP contribution is -2.63. The quantitative estimate of drug-likeness (QED) is 0.780. The molecule has 1 aliphatic heterocycles. The maximum Gasteiger partial charge on any atom is 0.133 e. The second-order valence-electron chi connectivity index (χ2n) is 9.56. The zero-order valence-electron chi connectivity index (χ0n) is 15.0. The molecule has 0 spiro atoms. The summed E-state index contributed by atoms with van der Waals surface area (Å²) in [6, 6.07) is 0.488. The number of carbonyl (C=O) groups excluding carboxylic acids is 1. The summed E-state index contributed by atoms with van der Waals surface area (Å²) in [6.07, 6.45) is 7.81. The van der Waals surface area contributed by atoms with Crippen molar-refractivity contribution in [2.24, 2.45) is 34.5 Å². The highest BCUT2D eigenvalue weighted by Crippen LogP contribution is 2.64. The van der Waals surface area contributed by atoms with Crippen LogP contribution >= 0.6 is 0 Å². The highest BCUT2D eigenvalue weighted by Gasteiger charge is 2.60. The Labute approximate surface area is 140 Å². The first-order chi connectivity index (χ1) is 10.9. The topological polar surface area (TPSA) is 49.3 Å². The van der Waals surface area contributed by atoms with Gasteiger partial charge in [-0.2, -0.15) is 0 Å². The number of piperidine rings is 1. The van der Waals surface area contributed by atoms with Crippen LogP contribution in [0.15, 0.2) is 0 Å². The summed E-state index contributed by atoms with van der Waals surface area (Å²) in [6.45, 7) is 7.80. The highest BCUT2D eigenvalue weighted by molar-refractivity contribution is 5.79. The Balaban J connectivity index is 1.61. The Hall–Kier alpha value is -0.410. The Morgan fingerprint density at radius 3 is 2.48 bits per heavy atom. The van der Waals surface area contributed by atoms with E-state index >= 15 is 0 Å². The zero-order valence-corrected chi connectivity index (χ0v) is 15.0. The molecular formula is C20H33NO2. The number of aliphatic hydroxyl groups is 1. The van der Waals surface area contributed by atoms with Gasteiger partial charge >= 0.3 is 0 Å². The molecule has 3 heteroatoms. The maximum absolute atomic E-state index is 12.1. The summed E-state index contributed by atoms with van der Waals surface area (Å²) in [7, 11) is 0. The number of Topliss-reactive ketones (excluding diaryl/α,β-unsaturated/α-hetero) is 1. The average molecular weight is 319 g/mol. The van der Waals surface area contributed by atoms with Crippen molar-refractivity contribution in [3.63, 3.8) is 0 Å². The van der Waals surface area contributed by atoms with Crippen LogP contribution in [-0.4, -0.2) is 29.6 Å². The fourth-order valence-corrected chi connectivity index (χ4v) is 7.41. The Morgan fingerprint density at radius 2 is 1.74 bits per heavy atom. The normalized spacial score (nSPS) is 55.7. The molecule has 8 atom stereocenters. The summed E-state index contributed by atoms with van der Waals surface area (Å²) < 4.78 is 0. The van der Waals surface area contributed by atoms with Crippen LogP contribution in [-0.2, 0) is 4.79 Å². The molecular weight excluding hydrogens is 286 g/mol. The van der Waals surface area contributed by atoms with E-state index in [0.29, 0.717) is 29.1 Å². The monoisotopic (exact) mass is 319 g/mol. The Morgan fingerprint density at radius 1 is 1.04 bits per heavy atom. The maximum atomic E-state index is 12.1. The molecule has 0 bridgehead atoms. The largest absolute Gasteiger partial charge is 0.393 e. The lowest BCUT2D eigenvalue weighted by molar-refractivity contribution is -0.132. The predicted molar refractivity (Wildman–Crippen MR) is 91.0 cm³/mol. The van der Waals surface area contributed by atoms with E-state index in [2.05, 4.69) is 19.2 Å². The van der Waals surface area contributed by atoms with E-state index < -0.39 is 0 Å². The Bertz CT molecular complexity index is 506. The van der Waals surface area contributed by atoms with Gasteiger partial charge in [-0.3, -0.25) is 4.79 Å². The fraction of sp³-hybridized carbons (Fsp3) is 0.950. The van der Waals surface area contributed by atoms with E-state index in [-0.39, 0.29) is 11.5 Å². The third-order valence-corrected chi connectivity index (χ3v) is 8.69. The molecule has 4 fully saturated rings. The zero-order chi connectivity index (χ0) is 16.4. The molecule has 4 rings (SSSR count). The van der Waals surface area contributed by atoms with Crippen molar-refractivity contribution < 1.29 is 9.90 Å². The van der Waals surface area contributed by atoms with Gasteiger partial charge in [-0.25, -0.2) is 0 Å². The third kappa shape index (κ3) is 2.18. The number of hydrogen-bond donors (Lipinski definition) is 2. The van der Waals surface area contributed by atoms with Gasteiger partial charge in [0.1, 0.15) is 5.78 Å². The molecule has 1 heterocycles. The molecule has 0 aromatic rings. The standard InChI is InChI=1S/C20H33NO2/c1-12(22)15-4-5-16-14-11-21-18-10-13(23)6-8-20(18,3)17(14)7-9-19(15,16)2/h13-18,21,23H,4-11H2,1-3H3/t13-,14+,15-,16+,17+,18+,19-,20-/m1/s1. The second-order valence-corrected chi connectivity index (χ2v) is 9.56. The number of nitrogens with one attached hydrogen (secondary N) is 1. The molecule has 0 radical (unpaired) electrons. The van der Waals surface area contributed by atoms with Crippen LogP contribution in [0, 0.1) is 34.5 Å². The van der Waals surface area contributed by atoms with Gasteiger partial charge in [0.2, 0.25) is 0 Å². The van der Waals surface area contributed by atoms with Crippen molar-refractivity contribution in [3.05, 3.63) is 0 Å². The average Bonchev–Trinajstić information content (AvgIpc) is 2.85. The molecule has 23 heavy (non-hydrogen) atoms. The van der Waals surface area contributed by atoms with Gasteiger partial charge in [0, 0.05) is 12.0 Å². The Kier molecular flexibility index (Phi) is 3.70. The summed E-state index contributed by atoms with van der Waals surface area (Å²) in [5.74, 6) is 2.95. The molecule has 3 nitrogen and oxygen atoms in total. The number of aliphatic hydroxyl groups excluding tert-OH is 1. The fourth-order valence-electron chi connectivity index (χ4n) is 7.41. The first-order valence-electron chi connectivity index (χ1n) is 9.78. The van der Waals surface area contributed by atoms with E-state index in [0.717, 1.165) is 44.1 Å². The molecule has 3 saturated carbocycles. The first-order valence-corrected chi connectivity index (χ1v) is 9.78. The number of hydrogen-bond acceptors (Lipinski definition) is 3. The van der Waals surface area contributed by atoms with Gasteiger partial charge in [0.15, 0.2) is 0 Å². The van der Waals surface area contributed by atoms with Crippen molar-refractivity contribution in [2.75, 3.05) is 6.54 Å². The number of rotatable bonds is 1. The molecule has 0 unspecified atom stereocenters. The van der Waals surface area contributed by atoms with Gasteiger partial charge in [0.25, 0.3) is 0 Å². The first kappa shape index (κ1) is 16.1. The van der Waals surface area contributed by atoms with Crippen LogP contribution in [0.1, 0.15) is 65.7 Å².